The van der Waals surface area contributed by atoms with Gasteiger partial charge in [-0.1, -0.05) is 6.92 Å². The van der Waals surface area contributed by atoms with Crippen LogP contribution >= 0.6 is 0 Å². The molecule has 20 heavy (non-hydrogen) atoms. The molecule has 0 aliphatic carbocycles. The molecule has 1 N–H and O–H groups in total. The van der Waals surface area contributed by atoms with E-state index in [0.29, 0.717) is 0 Å². The van der Waals surface area contributed by atoms with Gasteiger partial charge in [0, 0.05) is 11.4 Å². The zero-order chi connectivity index (χ0) is 15.2. The first kappa shape index (κ1) is 16.8. The Morgan fingerprint density at radius 2 is 1.75 bits per heavy atom. The van der Waals surface area contributed by atoms with E-state index in [9.17, 15) is 13.2 Å². The molecule has 0 spiro atoms. The Labute approximate surface area is 116 Å². The Kier molecular flexibility index (Phi) is 6.35. The third kappa shape index (κ3) is 5.83. The van der Waals surface area contributed by atoms with Gasteiger partial charge in [0.05, 0.1) is 0 Å². The Morgan fingerprint density at radius 1 is 1.15 bits per heavy atom. The number of likely N-dealkylation sites (N-methyl/N-ethyl adjacent to an activating group) is 1. The van der Waals surface area contributed by atoms with Gasteiger partial charge < -0.3 is 10.1 Å². The molecule has 0 amide bonds. The van der Waals surface area contributed by atoms with Crippen LogP contribution in [-0.4, -0.2) is 35.8 Å². The third-order valence-electron chi connectivity index (χ3n) is 2.77. The molecule has 0 aliphatic heterocycles. The summed E-state index contributed by atoms with van der Waals surface area (Å²) in [4.78, 5) is 8.40. The fourth-order valence-corrected chi connectivity index (χ4v) is 1.88. The molecule has 0 fully saturated rings. The summed E-state index contributed by atoms with van der Waals surface area (Å²) in [5, 5.41) is 3.21. The molecule has 0 radical (unpaired) electrons. The summed E-state index contributed by atoms with van der Waals surface area (Å²) in [5.41, 5.74) is 2.62. The van der Waals surface area contributed by atoms with Crippen molar-refractivity contribution in [2.75, 3.05) is 19.7 Å². The molecule has 0 bridgehead atoms. The van der Waals surface area contributed by atoms with E-state index in [1.165, 1.54) is 0 Å². The van der Waals surface area contributed by atoms with Gasteiger partial charge in [0.25, 0.3) is 0 Å². The highest BCUT2D eigenvalue weighted by Crippen LogP contribution is 2.16. The Bertz CT molecular complexity index is 412. The molecule has 0 saturated heterocycles. The van der Waals surface area contributed by atoms with E-state index < -0.39 is 12.8 Å². The van der Waals surface area contributed by atoms with Crippen molar-refractivity contribution in [1.29, 1.82) is 0 Å². The number of rotatable bonds is 7. The van der Waals surface area contributed by atoms with Crippen LogP contribution in [0.5, 0.6) is 0 Å². The number of hydrogen-bond acceptors (Lipinski definition) is 4. The van der Waals surface area contributed by atoms with Crippen molar-refractivity contribution in [3.05, 3.63) is 22.8 Å². The number of hydrogen-bond donors (Lipinski definition) is 1. The normalized spacial score (nSPS) is 11.9. The van der Waals surface area contributed by atoms with Crippen molar-refractivity contribution >= 4 is 0 Å². The lowest BCUT2D eigenvalue weighted by Crippen LogP contribution is -2.19. The minimum atomic E-state index is -4.32. The van der Waals surface area contributed by atoms with E-state index in [2.05, 4.69) is 20.0 Å². The number of nitrogens with one attached hydrogen (secondary N) is 1. The van der Waals surface area contributed by atoms with Gasteiger partial charge in [0.1, 0.15) is 13.2 Å². The largest absolute Gasteiger partial charge is 0.411 e. The van der Waals surface area contributed by atoms with Crippen molar-refractivity contribution in [2.24, 2.45) is 0 Å². The lowest BCUT2D eigenvalue weighted by Gasteiger charge is -2.12. The molecule has 1 aromatic heterocycles. The van der Waals surface area contributed by atoms with Gasteiger partial charge in [-0.3, -0.25) is 0 Å². The van der Waals surface area contributed by atoms with Crippen LogP contribution in [0.3, 0.4) is 0 Å². The van der Waals surface area contributed by atoms with Crippen molar-refractivity contribution in [3.63, 3.8) is 0 Å². The van der Waals surface area contributed by atoms with Crippen molar-refractivity contribution in [1.82, 2.24) is 15.3 Å². The van der Waals surface area contributed by atoms with Crippen molar-refractivity contribution < 1.29 is 17.9 Å². The maximum absolute atomic E-state index is 12.0. The molecule has 0 aliphatic rings. The van der Waals surface area contributed by atoms with Gasteiger partial charge >= 0.3 is 6.18 Å². The predicted octanol–water partition coefficient (Wildman–Crippen LogP) is 2.32. The molecule has 0 aromatic carbocycles. The third-order valence-corrected chi connectivity index (χ3v) is 2.77. The summed E-state index contributed by atoms with van der Waals surface area (Å²) in [7, 11) is 0. The van der Waals surface area contributed by atoms with Crippen LogP contribution in [0.2, 0.25) is 0 Å². The molecule has 0 unspecified atom stereocenters. The monoisotopic (exact) mass is 291 g/mol. The topological polar surface area (TPSA) is 47.0 Å². The maximum Gasteiger partial charge on any atom is 0.411 e. The van der Waals surface area contributed by atoms with E-state index in [4.69, 9.17) is 0 Å². The Morgan fingerprint density at radius 3 is 2.25 bits per heavy atom. The highest BCUT2D eigenvalue weighted by molar-refractivity contribution is 5.24. The van der Waals surface area contributed by atoms with Crippen LogP contribution in [0.4, 0.5) is 13.2 Å². The summed E-state index contributed by atoms with van der Waals surface area (Å²) in [5.74, 6) is 0.288. The summed E-state index contributed by atoms with van der Waals surface area (Å²) in [6, 6.07) is 0. The van der Waals surface area contributed by atoms with Gasteiger partial charge in [-0.25, -0.2) is 9.97 Å². The molecule has 1 heterocycles. The van der Waals surface area contributed by atoms with Gasteiger partial charge in [0.2, 0.25) is 0 Å². The van der Waals surface area contributed by atoms with Crippen LogP contribution in [-0.2, 0) is 17.8 Å². The van der Waals surface area contributed by atoms with Gasteiger partial charge in [-0.2, -0.15) is 13.2 Å². The first-order valence-electron chi connectivity index (χ1n) is 6.51. The van der Waals surface area contributed by atoms with E-state index in [1.54, 1.807) is 0 Å². The molecule has 0 atom stereocenters. The van der Waals surface area contributed by atoms with E-state index in [1.807, 2.05) is 20.8 Å². The molecular weight excluding hydrogens is 271 g/mol. The second-order valence-corrected chi connectivity index (χ2v) is 4.50. The SMILES string of the molecule is CCNCCc1c(C)nc(COCC(F)(F)F)nc1C. The minimum absolute atomic E-state index is 0.228. The summed E-state index contributed by atoms with van der Waals surface area (Å²) in [6.45, 7) is 5.91. The number of alkyl halides is 3. The fourth-order valence-electron chi connectivity index (χ4n) is 1.88. The van der Waals surface area contributed by atoms with Crippen LogP contribution in [0.1, 0.15) is 29.7 Å². The zero-order valence-corrected chi connectivity index (χ0v) is 12.0. The summed E-state index contributed by atoms with van der Waals surface area (Å²) < 4.78 is 40.5. The lowest BCUT2D eigenvalue weighted by atomic mass is 10.1. The zero-order valence-electron chi connectivity index (χ0n) is 12.0. The minimum Gasteiger partial charge on any atom is -0.364 e. The number of halogens is 3. The van der Waals surface area contributed by atoms with Crippen molar-refractivity contribution in [2.45, 2.75) is 40.0 Å². The Balaban J connectivity index is 2.63. The van der Waals surface area contributed by atoms with Crippen LogP contribution < -0.4 is 5.32 Å². The summed E-state index contributed by atoms with van der Waals surface area (Å²) in [6.07, 6.45) is -3.52. The van der Waals surface area contributed by atoms with Crippen LogP contribution in [0.25, 0.3) is 0 Å². The number of aryl methyl sites for hydroxylation is 2. The van der Waals surface area contributed by atoms with Crippen LogP contribution in [0.15, 0.2) is 0 Å². The first-order chi connectivity index (χ1) is 9.33. The van der Waals surface area contributed by atoms with E-state index in [0.717, 1.165) is 36.5 Å². The molecule has 0 saturated carbocycles. The number of nitrogens with zero attached hydrogens (tertiary/aromatic N) is 2. The number of ether oxygens (including phenoxy) is 1. The molecule has 1 rings (SSSR count). The smallest absolute Gasteiger partial charge is 0.364 e. The molecule has 4 nitrogen and oxygen atoms in total. The molecule has 1 aromatic rings. The number of aromatic nitrogens is 2. The van der Waals surface area contributed by atoms with Crippen LogP contribution in [0, 0.1) is 13.8 Å². The van der Waals surface area contributed by atoms with Gasteiger partial charge in [0.15, 0.2) is 5.82 Å². The average molecular weight is 291 g/mol. The second-order valence-electron chi connectivity index (χ2n) is 4.50. The maximum atomic E-state index is 12.0. The highest BCUT2D eigenvalue weighted by Gasteiger charge is 2.27. The van der Waals surface area contributed by atoms with E-state index >= 15 is 0 Å². The highest BCUT2D eigenvalue weighted by atomic mass is 19.4. The van der Waals surface area contributed by atoms with Gasteiger partial charge in [-0.05, 0) is 38.9 Å². The lowest BCUT2D eigenvalue weighted by molar-refractivity contribution is -0.177. The average Bonchev–Trinajstić information content (AvgIpc) is 2.31. The summed E-state index contributed by atoms with van der Waals surface area (Å²) >= 11 is 0. The molecular formula is C13H20F3N3O. The fraction of sp³-hybridized carbons (Fsp3) is 0.692. The molecule has 7 heteroatoms. The quantitative estimate of drug-likeness (QED) is 0.783. The predicted molar refractivity (Wildman–Crippen MR) is 69.5 cm³/mol. The van der Waals surface area contributed by atoms with E-state index in [-0.39, 0.29) is 12.4 Å². The molecule has 114 valence electrons. The Hall–Kier alpha value is -1.21. The van der Waals surface area contributed by atoms with Gasteiger partial charge in [-0.15, -0.1) is 0 Å². The first-order valence-corrected chi connectivity index (χ1v) is 6.51. The second kappa shape index (κ2) is 7.54. The standard InChI is InChI=1S/C13H20F3N3O/c1-4-17-6-5-11-9(2)18-12(19-10(11)3)7-20-8-13(14,15)16/h17H,4-8H2,1-3H3. The van der Waals surface area contributed by atoms with Crippen molar-refractivity contribution in [3.8, 4) is 0 Å².